The number of carbonyl (C=O) groups excluding carboxylic acids is 1. The number of carbonyl (C=O) groups is 1. The summed E-state index contributed by atoms with van der Waals surface area (Å²) >= 11 is 13.3. The van der Waals surface area contributed by atoms with E-state index in [0.717, 1.165) is 4.88 Å². The van der Waals surface area contributed by atoms with Crippen LogP contribution in [-0.2, 0) is 0 Å². The number of halogens is 2. The molecule has 2 rings (SSSR count). The van der Waals surface area contributed by atoms with Gasteiger partial charge >= 0.3 is 0 Å². The van der Waals surface area contributed by atoms with Gasteiger partial charge in [-0.3, -0.25) is 4.79 Å². The minimum absolute atomic E-state index is 0.0475. The zero-order chi connectivity index (χ0) is 11.7. The second kappa shape index (κ2) is 4.58. The van der Waals surface area contributed by atoms with Crippen molar-refractivity contribution in [3.63, 3.8) is 0 Å². The molecule has 0 atom stereocenters. The molecule has 0 unspecified atom stereocenters. The van der Waals surface area contributed by atoms with Crippen molar-refractivity contribution in [2.24, 2.45) is 0 Å². The maximum atomic E-state index is 12.1. The molecule has 1 nitrogen and oxygen atoms in total. The van der Waals surface area contributed by atoms with Gasteiger partial charge in [-0.1, -0.05) is 23.2 Å². The average Bonchev–Trinajstić information content (AvgIpc) is 2.62. The molecule has 1 heterocycles. The van der Waals surface area contributed by atoms with Gasteiger partial charge in [0, 0.05) is 31.4 Å². The third-order valence-corrected chi connectivity index (χ3v) is 3.42. The number of ketones is 1. The molecule has 0 aliphatic carbocycles. The van der Waals surface area contributed by atoms with E-state index in [1.165, 1.54) is 0 Å². The first-order valence-corrected chi connectivity index (χ1v) is 6.26. The van der Waals surface area contributed by atoms with Gasteiger partial charge in [-0.2, -0.15) is 0 Å². The summed E-state index contributed by atoms with van der Waals surface area (Å²) in [6, 6.07) is 6.73. The Morgan fingerprint density at radius 1 is 1.06 bits per heavy atom. The van der Waals surface area contributed by atoms with Crippen molar-refractivity contribution in [3.8, 4) is 0 Å². The minimum Gasteiger partial charge on any atom is -0.289 e. The molecule has 0 bridgehead atoms. The fraction of sp³-hybridized carbons (Fsp3) is 0.0833. The molecule has 1 aromatic carbocycles. The van der Waals surface area contributed by atoms with Gasteiger partial charge in [0.15, 0.2) is 5.78 Å². The van der Waals surface area contributed by atoms with Crippen molar-refractivity contribution >= 4 is 40.3 Å². The molecule has 0 spiro atoms. The van der Waals surface area contributed by atoms with Crippen LogP contribution in [0.5, 0.6) is 0 Å². The van der Waals surface area contributed by atoms with Gasteiger partial charge in [-0.05, 0) is 31.2 Å². The van der Waals surface area contributed by atoms with E-state index in [4.69, 9.17) is 23.2 Å². The zero-order valence-electron chi connectivity index (χ0n) is 8.46. The summed E-state index contributed by atoms with van der Waals surface area (Å²) in [5.41, 5.74) is 1.20. The molecule has 0 aliphatic rings. The Morgan fingerprint density at radius 2 is 1.69 bits per heavy atom. The number of benzene rings is 1. The molecule has 4 heteroatoms. The predicted molar refractivity (Wildman–Crippen MR) is 69.0 cm³/mol. The van der Waals surface area contributed by atoms with Gasteiger partial charge in [-0.15, -0.1) is 11.3 Å². The fourth-order valence-electron chi connectivity index (χ4n) is 1.41. The number of rotatable bonds is 2. The first kappa shape index (κ1) is 11.6. The molecule has 82 valence electrons. The summed E-state index contributed by atoms with van der Waals surface area (Å²) in [6.45, 7) is 1.96. The predicted octanol–water partition coefficient (Wildman–Crippen LogP) is 4.59. The van der Waals surface area contributed by atoms with Crippen LogP contribution in [0.1, 0.15) is 20.8 Å². The lowest BCUT2D eigenvalue weighted by Crippen LogP contribution is -1.99. The molecule has 0 amide bonds. The number of hydrogen-bond donors (Lipinski definition) is 0. The van der Waals surface area contributed by atoms with Crippen LogP contribution in [0.4, 0.5) is 0 Å². The van der Waals surface area contributed by atoms with Gasteiger partial charge in [0.1, 0.15) is 0 Å². The summed E-state index contributed by atoms with van der Waals surface area (Å²) in [5.74, 6) is -0.0475. The largest absolute Gasteiger partial charge is 0.289 e. The number of thiophene rings is 1. The summed E-state index contributed by atoms with van der Waals surface area (Å²) in [7, 11) is 0. The highest BCUT2D eigenvalue weighted by atomic mass is 35.5. The third kappa shape index (κ3) is 2.46. The first-order valence-electron chi connectivity index (χ1n) is 4.62. The highest BCUT2D eigenvalue weighted by Gasteiger charge is 2.11. The zero-order valence-corrected chi connectivity index (χ0v) is 10.8. The maximum absolute atomic E-state index is 12.1. The van der Waals surface area contributed by atoms with E-state index in [1.54, 1.807) is 29.5 Å². The Kier molecular flexibility index (Phi) is 3.33. The molecule has 0 saturated heterocycles. The van der Waals surface area contributed by atoms with E-state index in [-0.39, 0.29) is 5.78 Å². The van der Waals surface area contributed by atoms with Crippen LogP contribution in [0, 0.1) is 6.92 Å². The topological polar surface area (TPSA) is 17.1 Å². The van der Waals surface area contributed by atoms with Gasteiger partial charge in [0.2, 0.25) is 0 Å². The monoisotopic (exact) mass is 270 g/mol. The number of aryl methyl sites for hydroxylation is 1. The van der Waals surface area contributed by atoms with E-state index >= 15 is 0 Å². The molecule has 1 aromatic heterocycles. The lowest BCUT2D eigenvalue weighted by Gasteiger charge is -2.00. The van der Waals surface area contributed by atoms with E-state index in [0.29, 0.717) is 21.2 Å². The van der Waals surface area contributed by atoms with E-state index in [1.807, 2.05) is 18.4 Å². The third-order valence-electron chi connectivity index (χ3n) is 2.12. The van der Waals surface area contributed by atoms with Crippen LogP contribution in [0.2, 0.25) is 10.0 Å². The summed E-state index contributed by atoms with van der Waals surface area (Å²) < 4.78 is 0. The average molecular weight is 271 g/mol. The van der Waals surface area contributed by atoms with Crippen molar-refractivity contribution < 1.29 is 4.79 Å². The van der Waals surface area contributed by atoms with Crippen LogP contribution in [0.3, 0.4) is 0 Å². The van der Waals surface area contributed by atoms with Crippen molar-refractivity contribution in [1.82, 2.24) is 0 Å². The Bertz CT molecular complexity index is 525. The van der Waals surface area contributed by atoms with Gasteiger partial charge < -0.3 is 0 Å². The molecule has 0 fully saturated rings. The number of hydrogen-bond acceptors (Lipinski definition) is 2. The van der Waals surface area contributed by atoms with E-state index in [2.05, 4.69) is 0 Å². The minimum atomic E-state index is -0.0475. The second-order valence-electron chi connectivity index (χ2n) is 3.43. The maximum Gasteiger partial charge on any atom is 0.193 e. The lowest BCUT2D eigenvalue weighted by atomic mass is 10.1. The van der Waals surface area contributed by atoms with E-state index < -0.39 is 0 Å². The molecule has 0 saturated carbocycles. The van der Waals surface area contributed by atoms with Gasteiger partial charge in [-0.25, -0.2) is 0 Å². The van der Waals surface area contributed by atoms with Crippen LogP contribution in [-0.4, -0.2) is 5.78 Å². The Balaban J connectivity index is 2.41. The smallest absolute Gasteiger partial charge is 0.193 e. The molecule has 2 aromatic rings. The normalized spacial score (nSPS) is 10.4. The summed E-state index contributed by atoms with van der Waals surface area (Å²) in [5, 5.41) is 2.79. The quantitative estimate of drug-likeness (QED) is 0.730. The Morgan fingerprint density at radius 3 is 2.19 bits per heavy atom. The molecular weight excluding hydrogens is 263 g/mol. The van der Waals surface area contributed by atoms with Crippen LogP contribution < -0.4 is 0 Å². The van der Waals surface area contributed by atoms with Crippen LogP contribution in [0.25, 0.3) is 0 Å². The molecule has 0 radical (unpaired) electrons. The summed E-state index contributed by atoms with van der Waals surface area (Å²) in [6.07, 6.45) is 0. The highest BCUT2D eigenvalue weighted by Crippen LogP contribution is 2.23. The van der Waals surface area contributed by atoms with Crippen LogP contribution >= 0.6 is 34.5 Å². The standard InChI is InChI=1S/C12H8Cl2OS/c1-7-2-9(6-16-7)12(15)8-3-10(13)5-11(14)4-8/h2-6H,1H3. The highest BCUT2D eigenvalue weighted by molar-refractivity contribution is 7.10. The molecule has 16 heavy (non-hydrogen) atoms. The fourth-order valence-corrected chi connectivity index (χ4v) is 2.62. The van der Waals surface area contributed by atoms with Gasteiger partial charge in [0.05, 0.1) is 0 Å². The van der Waals surface area contributed by atoms with Crippen molar-refractivity contribution in [2.75, 3.05) is 0 Å². The first-order chi connectivity index (χ1) is 7.56. The summed E-state index contributed by atoms with van der Waals surface area (Å²) in [4.78, 5) is 13.2. The lowest BCUT2D eigenvalue weighted by molar-refractivity contribution is 0.103. The van der Waals surface area contributed by atoms with Crippen molar-refractivity contribution in [2.45, 2.75) is 6.92 Å². The van der Waals surface area contributed by atoms with Crippen molar-refractivity contribution in [3.05, 3.63) is 55.7 Å². The Labute approximate surface area is 108 Å². The molecular formula is C12H8Cl2OS. The van der Waals surface area contributed by atoms with E-state index in [9.17, 15) is 4.79 Å². The second-order valence-corrected chi connectivity index (χ2v) is 5.42. The van der Waals surface area contributed by atoms with Crippen LogP contribution in [0.15, 0.2) is 29.6 Å². The van der Waals surface area contributed by atoms with Crippen molar-refractivity contribution in [1.29, 1.82) is 0 Å². The molecule has 0 N–H and O–H groups in total. The molecule has 0 aliphatic heterocycles. The Hall–Kier alpha value is -0.830. The SMILES string of the molecule is Cc1cc(C(=O)c2cc(Cl)cc(Cl)c2)cs1. The van der Waals surface area contributed by atoms with Gasteiger partial charge in [0.25, 0.3) is 0 Å².